The van der Waals surface area contributed by atoms with Gasteiger partial charge in [0.1, 0.15) is 0 Å². The third-order valence-corrected chi connectivity index (χ3v) is 2.49. The van der Waals surface area contributed by atoms with Gasteiger partial charge in [-0.05, 0) is 24.3 Å². The van der Waals surface area contributed by atoms with Crippen LogP contribution in [0.2, 0.25) is 5.02 Å². The molecule has 0 atom stereocenters. The van der Waals surface area contributed by atoms with Gasteiger partial charge in [0.25, 0.3) is 0 Å². The molecular formula is C11H11ClN4O. The number of hydrogen-bond donors (Lipinski definition) is 3. The van der Waals surface area contributed by atoms with Gasteiger partial charge in [0.2, 0.25) is 5.91 Å². The third kappa shape index (κ3) is 2.98. The number of carbonyl (C=O) groups excluding carboxylic acids is 1. The number of hydrogen-bond acceptors (Lipinski definition) is 3. The van der Waals surface area contributed by atoms with Crippen molar-refractivity contribution in [3.63, 3.8) is 0 Å². The SMILES string of the molecule is Nc1ccc(NC(=O)Cc2ccn[nH]2)c(Cl)c1. The van der Waals surface area contributed by atoms with Gasteiger partial charge in [-0.3, -0.25) is 9.89 Å². The van der Waals surface area contributed by atoms with Gasteiger partial charge in [-0.25, -0.2) is 0 Å². The van der Waals surface area contributed by atoms with Gasteiger partial charge in [-0.2, -0.15) is 5.10 Å². The molecule has 0 aliphatic carbocycles. The van der Waals surface area contributed by atoms with Crippen LogP contribution in [0.25, 0.3) is 0 Å². The molecule has 6 heteroatoms. The summed E-state index contributed by atoms with van der Waals surface area (Å²) in [5, 5.41) is 9.60. The van der Waals surface area contributed by atoms with Crippen molar-refractivity contribution in [2.45, 2.75) is 6.42 Å². The van der Waals surface area contributed by atoms with Crippen molar-refractivity contribution in [2.75, 3.05) is 11.1 Å². The predicted octanol–water partition coefficient (Wildman–Crippen LogP) is 1.83. The first-order chi connectivity index (χ1) is 8.15. The van der Waals surface area contributed by atoms with Gasteiger partial charge >= 0.3 is 0 Å². The Labute approximate surface area is 103 Å². The molecule has 17 heavy (non-hydrogen) atoms. The molecule has 2 aromatic rings. The van der Waals surface area contributed by atoms with Crippen molar-refractivity contribution in [1.82, 2.24) is 10.2 Å². The van der Waals surface area contributed by atoms with E-state index in [1.807, 2.05) is 0 Å². The van der Waals surface area contributed by atoms with Crippen molar-refractivity contribution in [1.29, 1.82) is 0 Å². The van der Waals surface area contributed by atoms with Gasteiger partial charge in [-0.1, -0.05) is 11.6 Å². The van der Waals surface area contributed by atoms with Crippen molar-refractivity contribution in [3.05, 3.63) is 41.2 Å². The fourth-order valence-corrected chi connectivity index (χ4v) is 1.62. The predicted molar refractivity (Wildman–Crippen MR) is 66.8 cm³/mol. The molecular weight excluding hydrogens is 240 g/mol. The van der Waals surface area contributed by atoms with Crippen LogP contribution in [0.5, 0.6) is 0 Å². The van der Waals surface area contributed by atoms with E-state index in [-0.39, 0.29) is 12.3 Å². The minimum Gasteiger partial charge on any atom is -0.399 e. The van der Waals surface area contributed by atoms with Crippen molar-refractivity contribution < 1.29 is 4.79 Å². The van der Waals surface area contributed by atoms with Crippen molar-refractivity contribution in [3.8, 4) is 0 Å². The Balaban J connectivity index is 2.03. The van der Waals surface area contributed by atoms with Gasteiger partial charge in [0.05, 0.1) is 17.1 Å². The zero-order valence-corrected chi connectivity index (χ0v) is 9.66. The van der Waals surface area contributed by atoms with Crippen LogP contribution in [0.3, 0.4) is 0 Å². The molecule has 0 saturated heterocycles. The summed E-state index contributed by atoms with van der Waals surface area (Å²) in [5.41, 5.74) is 7.41. The first-order valence-corrected chi connectivity index (χ1v) is 5.36. The molecule has 1 heterocycles. The Kier molecular flexibility index (Phi) is 3.30. The van der Waals surface area contributed by atoms with E-state index in [9.17, 15) is 4.79 Å². The number of carbonyl (C=O) groups is 1. The smallest absolute Gasteiger partial charge is 0.230 e. The summed E-state index contributed by atoms with van der Waals surface area (Å²) in [6, 6.07) is 6.68. The Morgan fingerprint density at radius 2 is 2.29 bits per heavy atom. The summed E-state index contributed by atoms with van der Waals surface area (Å²) in [6.07, 6.45) is 1.82. The summed E-state index contributed by atoms with van der Waals surface area (Å²) in [7, 11) is 0. The van der Waals surface area contributed by atoms with E-state index in [1.54, 1.807) is 30.5 Å². The van der Waals surface area contributed by atoms with Crippen LogP contribution in [0, 0.1) is 0 Å². The van der Waals surface area contributed by atoms with E-state index in [4.69, 9.17) is 17.3 Å². The van der Waals surface area contributed by atoms with E-state index in [0.29, 0.717) is 16.4 Å². The second-order valence-corrected chi connectivity index (χ2v) is 3.95. The van der Waals surface area contributed by atoms with Crippen LogP contribution in [0.4, 0.5) is 11.4 Å². The molecule has 0 unspecified atom stereocenters. The van der Waals surface area contributed by atoms with E-state index >= 15 is 0 Å². The summed E-state index contributed by atoms with van der Waals surface area (Å²) in [5.74, 6) is -0.166. The Bertz CT molecular complexity index is 524. The number of aromatic nitrogens is 2. The highest BCUT2D eigenvalue weighted by Gasteiger charge is 2.07. The Morgan fingerprint density at radius 3 is 2.94 bits per heavy atom. The van der Waals surface area contributed by atoms with Crippen LogP contribution in [0.1, 0.15) is 5.69 Å². The van der Waals surface area contributed by atoms with Crippen molar-refractivity contribution in [2.24, 2.45) is 0 Å². The fraction of sp³-hybridized carbons (Fsp3) is 0.0909. The molecule has 0 fully saturated rings. The standard InChI is InChI=1S/C11H11ClN4O/c12-9-5-7(13)1-2-10(9)15-11(17)6-8-3-4-14-16-8/h1-5H,6,13H2,(H,14,16)(H,15,17). The van der Waals surface area contributed by atoms with Gasteiger partial charge in [0.15, 0.2) is 0 Å². The average Bonchev–Trinajstić information content (AvgIpc) is 2.75. The summed E-state index contributed by atoms with van der Waals surface area (Å²) < 4.78 is 0. The van der Waals surface area contributed by atoms with E-state index < -0.39 is 0 Å². The number of nitrogens with one attached hydrogen (secondary N) is 2. The molecule has 1 aromatic heterocycles. The number of nitrogens with two attached hydrogens (primary N) is 1. The monoisotopic (exact) mass is 250 g/mol. The van der Waals surface area contributed by atoms with Gasteiger partial charge < -0.3 is 11.1 Å². The Hall–Kier alpha value is -2.01. The van der Waals surface area contributed by atoms with E-state index in [2.05, 4.69) is 15.5 Å². The quantitative estimate of drug-likeness (QED) is 0.727. The molecule has 0 aliphatic rings. The number of halogens is 1. The molecule has 1 amide bonds. The Morgan fingerprint density at radius 1 is 1.47 bits per heavy atom. The zero-order valence-electron chi connectivity index (χ0n) is 8.90. The average molecular weight is 251 g/mol. The van der Waals surface area contributed by atoms with Crippen LogP contribution in [0.15, 0.2) is 30.5 Å². The molecule has 0 aliphatic heterocycles. The topological polar surface area (TPSA) is 83.8 Å². The van der Waals surface area contributed by atoms with Crippen LogP contribution < -0.4 is 11.1 Å². The van der Waals surface area contributed by atoms with Crippen LogP contribution in [-0.4, -0.2) is 16.1 Å². The number of benzene rings is 1. The number of nitrogen functional groups attached to an aromatic ring is 1. The number of aromatic amines is 1. The number of rotatable bonds is 3. The normalized spacial score (nSPS) is 10.2. The zero-order chi connectivity index (χ0) is 12.3. The third-order valence-electron chi connectivity index (χ3n) is 2.18. The first kappa shape index (κ1) is 11.5. The minimum atomic E-state index is -0.166. The highest BCUT2D eigenvalue weighted by atomic mass is 35.5. The lowest BCUT2D eigenvalue weighted by atomic mass is 10.2. The molecule has 2 rings (SSSR count). The van der Waals surface area contributed by atoms with Gasteiger partial charge in [-0.15, -0.1) is 0 Å². The van der Waals surface area contributed by atoms with Crippen LogP contribution in [-0.2, 0) is 11.2 Å². The second kappa shape index (κ2) is 4.88. The molecule has 1 aromatic carbocycles. The fourth-order valence-electron chi connectivity index (χ4n) is 1.38. The number of anilines is 2. The molecule has 0 radical (unpaired) electrons. The summed E-state index contributed by atoms with van der Waals surface area (Å²) in [6.45, 7) is 0. The van der Waals surface area contributed by atoms with E-state index in [0.717, 1.165) is 5.69 Å². The first-order valence-electron chi connectivity index (χ1n) is 4.98. The van der Waals surface area contributed by atoms with Crippen LogP contribution >= 0.6 is 11.6 Å². The summed E-state index contributed by atoms with van der Waals surface area (Å²) >= 11 is 5.94. The van der Waals surface area contributed by atoms with Gasteiger partial charge in [0, 0.05) is 17.6 Å². The number of H-pyrrole nitrogens is 1. The maximum atomic E-state index is 11.7. The molecule has 0 saturated carbocycles. The van der Waals surface area contributed by atoms with Crippen molar-refractivity contribution >= 4 is 28.9 Å². The second-order valence-electron chi connectivity index (χ2n) is 3.55. The molecule has 0 spiro atoms. The largest absolute Gasteiger partial charge is 0.399 e. The lowest BCUT2D eigenvalue weighted by Gasteiger charge is -2.07. The summed E-state index contributed by atoms with van der Waals surface area (Å²) in [4.78, 5) is 11.7. The molecule has 4 N–H and O–H groups in total. The molecule has 5 nitrogen and oxygen atoms in total. The highest BCUT2D eigenvalue weighted by molar-refractivity contribution is 6.34. The molecule has 88 valence electrons. The maximum Gasteiger partial charge on any atom is 0.230 e. The molecule has 0 bridgehead atoms. The highest BCUT2D eigenvalue weighted by Crippen LogP contribution is 2.24. The lowest BCUT2D eigenvalue weighted by Crippen LogP contribution is -2.15. The number of nitrogens with zero attached hydrogens (tertiary/aromatic N) is 1. The lowest BCUT2D eigenvalue weighted by molar-refractivity contribution is -0.115. The number of amides is 1. The minimum absolute atomic E-state index is 0.166. The van der Waals surface area contributed by atoms with E-state index in [1.165, 1.54) is 0 Å². The maximum absolute atomic E-state index is 11.7.